The fourth-order valence-electron chi connectivity index (χ4n) is 1.89. The summed E-state index contributed by atoms with van der Waals surface area (Å²) in [7, 11) is 1.95. The zero-order valence-electron chi connectivity index (χ0n) is 9.23. The maximum atomic E-state index is 5.10. The molecular formula is C9H17N5S. The van der Waals surface area contributed by atoms with Gasteiger partial charge in [0.25, 0.3) is 0 Å². The van der Waals surface area contributed by atoms with Crippen LogP contribution in [0, 0.1) is 4.77 Å². The monoisotopic (exact) mass is 227 g/mol. The largest absolute Gasteiger partial charge is 0.338 e. The topological polar surface area (TPSA) is 40.1 Å². The van der Waals surface area contributed by atoms with Crippen LogP contribution in [-0.2, 0) is 7.05 Å². The number of nitrogens with zero attached hydrogens (tertiary/aromatic N) is 4. The van der Waals surface area contributed by atoms with Gasteiger partial charge in [0, 0.05) is 33.2 Å². The van der Waals surface area contributed by atoms with Crippen LogP contribution in [0.1, 0.15) is 6.92 Å². The SMILES string of the molecule is CCN1CCN(c2n[nH]c(=S)n2C)CC1. The summed E-state index contributed by atoms with van der Waals surface area (Å²) in [5.74, 6) is 0.954. The Bertz CT molecular complexity index is 374. The lowest BCUT2D eigenvalue weighted by Crippen LogP contribution is -2.47. The molecule has 1 aliphatic heterocycles. The molecule has 1 aromatic rings. The Labute approximate surface area is 94.7 Å². The Morgan fingerprint density at radius 2 is 2.00 bits per heavy atom. The number of rotatable bonds is 2. The fraction of sp³-hybridized carbons (Fsp3) is 0.778. The molecule has 6 heteroatoms. The molecule has 0 bridgehead atoms. The number of nitrogens with one attached hydrogen (secondary N) is 1. The molecule has 0 aromatic carbocycles. The van der Waals surface area contributed by atoms with Crippen LogP contribution < -0.4 is 4.90 Å². The van der Waals surface area contributed by atoms with Crippen LogP contribution in [0.25, 0.3) is 0 Å². The summed E-state index contributed by atoms with van der Waals surface area (Å²) >= 11 is 5.10. The van der Waals surface area contributed by atoms with Crippen LogP contribution >= 0.6 is 12.2 Å². The molecule has 0 radical (unpaired) electrons. The summed E-state index contributed by atoms with van der Waals surface area (Å²) in [4.78, 5) is 4.72. The van der Waals surface area contributed by atoms with Crippen molar-refractivity contribution in [1.82, 2.24) is 19.7 Å². The van der Waals surface area contributed by atoms with E-state index >= 15 is 0 Å². The average molecular weight is 227 g/mol. The van der Waals surface area contributed by atoms with Crippen LogP contribution in [0.5, 0.6) is 0 Å². The minimum atomic E-state index is 0.683. The fourth-order valence-corrected chi connectivity index (χ4v) is 2.01. The Hall–Kier alpha value is -0.880. The normalized spacial score (nSPS) is 18.4. The van der Waals surface area contributed by atoms with Crippen LogP contribution in [0.3, 0.4) is 0 Å². The minimum Gasteiger partial charge on any atom is -0.338 e. The molecule has 0 amide bonds. The quantitative estimate of drug-likeness (QED) is 0.752. The van der Waals surface area contributed by atoms with Gasteiger partial charge in [-0.15, -0.1) is 5.10 Å². The zero-order chi connectivity index (χ0) is 10.8. The van der Waals surface area contributed by atoms with Crippen LogP contribution in [-0.4, -0.2) is 52.4 Å². The molecule has 1 aromatic heterocycles. The first-order chi connectivity index (χ1) is 7.22. The van der Waals surface area contributed by atoms with E-state index in [-0.39, 0.29) is 0 Å². The highest BCUT2D eigenvalue weighted by Crippen LogP contribution is 2.12. The predicted octanol–water partition coefficient (Wildman–Crippen LogP) is 0.620. The van der Waals surface area contributed by atoms with E-state index in [4.69, 9.17) is 12.2 Å². The second-order valence-electron chi connectivity index (χ2n) is 3.81. The average Bonchev–Trinajstić information content (AvgIpc) is 2.60. The summed E-state index contributed by atoms with van der Waals surface area (Å²) in [6, 6.07) is 0. The molecule has 1 saturated heterocycles. The van der Waals surface area contributed by atoms with Gasteiger partial charge in [0.1, 0.15) is 0 Å². The molecule has 0 unspecified atom stereocenters. The molecule has 2 rings (SSSR count). The summed E-state index contributed by atoms with van der Waals surface area (Å²) < 4.78 is 2.61. The molecule has 0 aliphatic carbocycles. The van der Waals surface area contributed by atoms with Crippen molar-refractivity contribution in [2.75, 3.05) is 37.6 Å². The molecule has 84 valence electrons. The summed E-state index contributed by atoms with van der Waals surface area (Å²) in [5, 5.41) is 7.06. The van der Waals surface area contributed by atoms with Gasteiger partial charge in [-0.1, -0.05) is 6.92 Å². The molecule has 0 atom stereocenters. The van der Waals surface area contributed by atoms with Crippen molar-refractivity contribution in [3.63, 3.8) is 0 Å². The second-order valence-corrected chi connectivity index (χ2v) is 4.20. The Balaban J connectivity index is 2.07. The number of H-pyrrole nitrogens is 1. The van der Waals surface area contributed by atoms with E-state index in [0.717, 1.165) is 38.7 Å². The highest BCUT2D eigenvalue weighted by Gasteiger charge is 2.18. The Kier molecular flexibility index (Phi) is 3.06. The van der Waals surface area contributed by atoms with E-state index < -0.39 is 0 Å². The Morgan fingerprint density at radius 3 is 2.47 bits per heavy atom. The minimum absolute atomic E-state index is 0.683. The smallest absolute Gasteiger partial charge is 0.225 e. The summed E-state index contributed by atoms with van der Waals surface area (Å²) in [6.45, 7) is 7.60. The van der Waals surface area contributed by atoms with Gasteiger partial charge in [-0.2, -0.15) is 0 Å². The first-order valence-corrected chi connectivity index (χ1v) is 5.72. The number of aromatic amines is 1. The van der Waals surface area contributed by atoms with Gasteiger partial charge in [0.05, 0.1) is 0 Å². The summed E-state index contributed by atoms with van der Waals surface area (Å²) in [5.41, 5.74) is 0. The highest BCUT2D eigenvalue weighted by atomic mass is 32.1. The van der Waals surface area contributed by atoms with E-state index in [0.29, 0.717) is 4.77 Å². The number of likely N-dealkylation sites (N-methyl/N-ethyl adjacent to an activating group) is 1. The van der Waals surface area contributed by atoms with Gasteiger partial charge in [-0.05, 0) is 18.8 Å². The number of aromatic nitrogens is 3. The van der Waals surface area contributed by atoms with Crippen molar-refractivity contribution in [1.29, 1.82) is 0 Å². The molecule has 1 aliphatic rings. The number of hydrogen-bond acceptors (Lipinski definition) is 4. The van der Waals surface area contributed by atoms with Crippen molar-refractivity contribution in [2.24, 2.45) is 7.05 Å². The summed E-state index contributed by atoms with van der Waals surface area (Å²) in [6.07, 6.45) is 0. The number of hydrogen-bond donors (Lipinski definition) is 1. The van der Waals surface area contributed by atoms with Crippen molar-refractivity contribution in [3.05, 3.63) is 4.77 Å². The molecule has 0 saturated carbocycles. The van der Waals surface area contributed by atoms with E-state index in [1.165, 1.54) is 0 Å². The van der Waals surface area contributed by atoms with E-state index in [1.807, 2.05) is 11.6 Å². The molecule has 1 N–H and O–H groups in total. The molecule has 15 heavy (non-hydrogen) atoms. The molecular weight excluding hydrogens is 210 g/mol. The first kappa shape index (κ1) is 10.6. The van der Waals surface area contributed by atoms with Gasteiger partial charge in [-0.25, -0.2) is 5.10 Å². The molecule has 5 nitrogen and oxygen atoms in total. The highest BCUT2D eigenvalue weighted by molar-refractivity contribution is 7.71. The maximum absolute atomic E-state index is 5.10. The standard InChI is InChI=1S/C9H17N5S/c1-3-13-4-6-14(7-5-13)8-10-11-9(15)12(8)2/h3-7H2,1-2H3,(H,11,15). The van der Waals surface area contributed by atoms with Crippen molar-refractivity contribution < 1.29 is 0 Å². The van der Waals surface area contributed by atoms with Crippen LogP contribution in [0.2, 0.25) is 0 Å². The van der Waals surface area contributed by atoms with Crippen molar-refractivity contribution in [3.8, 4) is 0 Å². The van der Waals surface area contributed by atoms with Gasteiger partial charge in [0.15, 0.2) is 4.77 Å². The third-order valence-electron chi connectivity index (χ3n) is 2.96. The first-order valence-electron chi connectivity index (χ1n) is 5.31. The van der Waals surface area contributed by atoms with E-state index in [2.05, 4.69) is 26.9 Å². The van der Waals surface area contributed by atoms with Gasteiger partial charge in [0.2, 0.25) is 5.95 Å². The predicted molar refractivity (Wildman–Crippen MR) is 62.7 cm³/mol. The van der Waals surface area contributed by atoms with Crippen LogP contribution in [0.4, 0.5) is 5.95 Å². The van der Waals surface area contributed by atoms with Gasteiger partial charge < -0.3 is 9.80 Å². The number of piperazine rings is 1. The van der Waals surface area contributed by atoms with Crippen molar-refractivity contribution in [2.45, 2.75) is 6.92 Å². The van der Waals surface area contributed by atoms with E-state index in [9.17, 15) is 0 Å². The lowest BCUT2D eigenvalue weighted by Gasteiger charge is -2.34. The lowest BCUT2D eigenvalue weighted by atomic mass is 10.3. The molecule has 2 heterocycles. The Morgan fingerprint density at radius 1 is 1.33 bits per heavy atom. The number of anilines is 1. The van der Waals surface area contributed by atoms with Crippen LogP contribution in [0.15, 0.2) is 0 Å². The molecule has 1 fully saturated rings. The lowest BCUT2D eigenvalue weighted by molar-refractivity contribution is 0.269. The maximum Gasteiger partial charge on any atom is 0.225 e. The van der Waals surface area contributed by atoms with E-state index in [1.54, 1.807) is 0 Å². The third-order valence-corrected chi connectivity index (χ3v) is 3.32. The molecule has 0 spiro atoms. The third kappa shape index (κ3) is 2.05. The second kappa shape index (κ2) is 4.32. The van der Waals surface area contributed by atoms with Crippen molar-refractivity contribution >= 4 is 18.2 Å². The zero-order valence-corrected chi connectivity index (χ0v) is 10.0. The van der Waals surface area contributed by atoms with Gasteiger partial charge in [-0.3, -0.25) is 4.57 Å². The van der Waals surface area contributed by atoms with Gasteiger partial charge >= 0.3 is 0 Å².